The molecule has 2 saturated carbocycles. The van der Waals surface area contributed by atoms with Gasteiger partial charge in [0.15, 0.2) is 5.11 Å². The van der Waals surface area contributed by atoms with E-state index in [4.69, 9.17) is 12.2 Å². The summed E-state index contributed by atoms with van der Waals surface area (Å²) in [5, 5.41) is 9.65. The van der Waals surface area contributed by atoms with Crippen LogP contribution in [0.3, 0.4) is 0 Å². The molecule has 2 N–H and O–H groups in total. The van der Waals surface area contributed by atoms with E-state index in [1.54, 1.807) is 0 Å². The number of nitrogens with zero attached hydrogens (tertiary/aromatic N) is 1. The van der Waals surface area contributed by atoms with Gasteiger partial charge in [-0.2, -0.15) is 0 Å². The fraction of sp³-hybridized carbons (Fsp3) is 0.667. The zero-order valence-electron chi connectivity index (χ0n) is 13.9. The summed E-state index contributed by atoms with van der Waals surface area (Å²) in [7, 11) is 0. The Morgan fingerprint density at radius 1 is 1.17 bits per heavy atom. The number of piperidine rings is 1. The van der Waals surface area contributed by atoms with E-state index in [-0.39, 0.29) is 11.9 Å². The molecule has 4 nitrogen and oxygen atoms in total. The van der Waals surface area contributed by atoms with E-state index in [1.807, 2.05) is 17.5 Å². The van der Waals surface area contributed by atoms with Gasteiger partial charge in [0.05, 0.1) is 4.88 Å². The molecule has 6 heteroatoms. The molecule has 2 heterocycles. The Morgan fingerprint density at radius 3 is 2.62 bits per heavy atom. The third-order valence-corrected chi connectivity index (χ3v) is 7.15. The van der Waals surface area contributed by atoms with E-state index in [1.165, 1.54) is 37.0 Å². The molecule has 1 saturated heterocycles. The van der Waals surface area contributed by atoms with Gasteiger partial charge in [0, 0.05) is 25.2 Å². The van der Waals surface area contributed by atoms with E-state index < -0.39 is 0 Å². The Kier molecular flexibility index (Phi) is 4.77. The van der Waals surface area contributed by atoms with Crippen LogP contribution >= 0.6 is 23.6 Å². The molecule has 0 aromatic carbocycles. The summed E-state index contributed by atoms with van der Waals surface area (Å²) in [6.45, 7) is 1.87. The van der Waals surface area contributed by atoms with Gasteiger partial charge in [0.25, 0.3) is 5.91 Å². The van der Waals surface area contributed by atoms with Crippen LogP contribution in [-0.4, -0.2) is 41.1 Å². The maximum Gasteiger partial charge on any atom is 0.261 e. The molecule has 1 amide bonds. The van der Waals surface area contributed by atoms with Crippen molar-refractivity contribution in [1.29, 1.82) is 0 Å². The Hall–Kier alpha value is -1.14. The van der Waals surface area contributed by atoms with Gasteiger partial charge < -0.3 is 15.5 Å². The van der Waals surface area contributed by atoms with Crippen LogP contribution in [0.5, 0.6) is 0 Å². The second-order valence-corrected chi connectivity index (χ2v) is 8.78. The molecule has 24 heavy (non-hydrogen) atoms. The molecular formula is C18H25N3OS2. The number of thiocarbonyl (C=S) groups is 1. The van der Waals surface area contributed by atoms with Gasteiger partial charge in [-0.1, -0.05) is 12.5 Å². The number of amides is 1. The van der Waals surface area contributed by atoms with Crippen LogP contribution in [0.1, 0.15) is 48.2 Å². The van der Waals surface area contributed by atoms with Crippen molar-refractivity contribution in [3.05, 3.63) is 22.4 Å². The smallest absolute Gasteiger partial charge is 0.261 e. The van der Waals surface area contributed by atoms with Crippen molar-refractivity contribution < 1.29 is 4.79 Å². The molecule has 2 bridgehead atoms. The zero-order chi connectivity index (χ0) is 16.5. The molecule has 1 aromatic heterocycles. The molecule has 3 atom stereocenters. The van der Waals surface area contributed by atoms with Gasteiger partial charge in [0.2, 0.25) is 0 Å². The summed E-state index contributed by atoms with van der Waals surface area (Å²) in [4.78, 5) is 15.2. The van der Waals surface area contributed by atoms with Crippen molar-refractivity contribution in [3.8, 4) is 0 Å². The zero-order valence-corrected chi connectivity index (χ0v) is 15.5. The lowest BCUT2D eigenvalue weighted by Crippen LogP contribution is -2.51. The van der Waals surface area contributed by atoms with Crippen LogP contribution in [0.15, 0.2) is 17.5 Å². The fourth-order valence-electron chi connectivity index (χ4n) is 4.56. The number of hydrogen-bond acceptors (Lipinski definition) is 3. The second kappa shape index (κ2) is 7.00. The lowest BCUT2D eigenvalue weighted by molar-refractivity contribution is 0.0926. The second-order valence-electron chi connectivity index (χ2n) is 7.44. The van der Waals surface area contributed by atoms with E-state index in [2.05, 4.69) is 15.5 Å². The highest BCUT2D eigenvalue weighted by molar-refractivity contribution is 7.80. The summed E-state index contributed by atoms with van der Waals surface area (Å²) in [5.74, 6) is 1.84. The van der Waals surface area contributed by atoms with Crippen LogP contribution in [0.4, 0.5) is 0 Å². The molecule has 3 aliphatic rings. The monoisotopic (exact) mass is 363 g/mol. The van der Waals surface area contributed by atoms with Crippen molar-refractivity contribution in [2.75, 3.05) is 13.1 Å². The van der Waals surface area contributed by atoms with Gasteiger partial charge in [-0.25, -0.2) is 0 Å². The lowest BCUT2D eigenvalue weighted by atomic mass is 9.95. The third-order valence-electron chi connectivity index (χ3n) is 5.91. The Morgan fingerprint density at radius 2 is 2.00 bits per heavy atom. The van der Waals surface area contributed by atoms with E-state index in [9.17, 15) is 4.79 Å². The molecule has 1 aliphatic heterocycles. The number of carbonyl (C=O) groups is 1. The minimum Gasteiger partial charge on any atom is -0.360 e. The number of thiophene rings is 1. The number of carbonyl (C=O) groups excluding carboxylic acids is 1. The van der Waals surface area contributed by atoms with Gasteiger partial charge >= 0.3 is 0 Å². The Labute approximate surface area is 153 Å². The first-order chi connectivity index (χ1) is 11.7. The fourth-order valence-corrected chi connectivity index (χ4v) is 5.52. The summed E-state index contributed by atoms with van der Waals surface area (Å²) in [6, 6.07) is 4.67. The van der Waals surface area contributed by atoms with Crippen LogP contribution in [0.25, 0.3) is 0 Å². The standard InChI is InChI=1S/C18H25N3OS2/c22-17(16-2-1-9-24-16)19-14-5-7-21(8-6-14)18(23)20-15-11-12-3-4-13(15)10-12/h1-2,9,12-15H,3-8,10-11H2,(H,19,22)(H,20,23). The summed E-state index contributed by atoms with van der Waals surface area (Å²) in [5.41, 5.74) is 0. The molecule has 2 aliphatic carbocycles. The maximum atomic E-state index is 12.1. The molecule has 3 fully saturated rings. The molecule has 0 spiro atoms. The van der Waals surface area contributed by atoms with Crippen LogP contribution in [0, 0.1) is 11.8 Å². The highest BCUT2D eigenvalue weighted by Gasteiger charge is 2.40. The van der Waals surface area contributed by atoms with Crippen molar-refractivity contribution in [3.63, 3.8) is 0 Å². The predicted octanol–water partition coefficient (Wildman–Crippen LogP) is 3.01. The quantitative estimate of drug-likeness (QED) is 0.811. The highest BCUT2D eigenvalue weighted by atomic mass is 32.1. The average molecular weight is 364 g/mol. The number of hydrogen-bond donors (Lipinski definition) is 2. The SMILES string of the molecule is O=C(NC1CCN(C(=S)NC2CC3CCC2C3)CC1)c1cccs1. The molecule has 0 radical (unpaired) electrons. The van der Waals surface area contributed by atoms with Crippen molar-refractivity contribution in [1.82, 2.24) is 15.5 Å². The first-order valence-corrected chi connectivity index (χ1v) is 10.4. The predicted molar refractivity (Wildman–Crippen MR) is 101 cm³/mol. The van der Waals surface area contributed by atoms with Crippen LogP contribution in [0.2, 0.25) is 0 Å². The van der Waals surface area contributed by atoms with Crippen LogP contribution in [-0.2, 0) is 0 Å². The molecule has 4 rings (SSSR count). The van der Waals surface area contributed by atoms with Gasteiger partial charge in [-0.3, -0.25) is 4.79 Å². The third kappa shape index (κ3) is 3.45. The molecular weight excluding hydrogens is 338 g/mol. The normalized spacial score (nSPS) is 29.7. The van der Waals surface area contributed by atoms with Gasteiger partial charge in [-0.05, 0) is 67.6 Å². The van der Waals surface area contributed by atoms with E-state index in [0.717, 1.165) is 47.8 Å². The van der Waals surface area contributed by atoms with Crippen molar-refractivity contribution in [2.24, 2.45) is 11.8 Å². The molecule has 1 aromatic rings. The van der Waals surface area contributed by atoms with E-state index in [0.29, 0.717) is 6.04 Å². The topological polar surface area (TPSA) is 44.4 Å². The Bertz CT molecular complexity index is 595. The molecule has 3 unspecified atom stereocenters. The first kappa shape index (κ1) is 16.3. The minimum absolute atomic E-state index is 0.0612. The minimum atomic E-state index is 0.0612. The largest absolute Gasteiger partial charge is 0.360 e. The molecule has 130 valence electrons. The summed E-state index contributed by atoms with van der Waals surface area (Å²) < 4.78 is 0. The summed E-state index contributed by atoms with van der Waals surface area (Å²) >= 11 is 7.14. The van der Waals surface area contributed by atoms with Crippen LogP contribution < -0.4 is 10.6 Å². The van der Waals surface area contributed by atoms with Crippen molar-refractivity contribution >= 4 is 34.6 Å². The van der Waals surface area contributed by atoms with Gasteiger partial charge in [0.1, 0.15) is 0 Å². The Balaban J connectivity index is 1.22. The highest BCUT2D eigenvalue weighted by Crippen LogP contribution is 2.44. The lowest BCUT2D eigenvalue weighted by Gasteiger charge is -2.36. The first-order valence-electron chi connectivity index (χ1n) is 9.09. The average Bonchev–Trinajstić information content (AvgIpc) is 3.33. The summed E-state index contributed by atoms with van der Waals surface area (Å²) in [6.07, 6.45) is 7.44. The van der Waals surface area contributed by atoms with Gasteiger partial charge in [-0.15, -0.1) is 11.3 Å². The number of rotatable bonds is 3. The number of fused-ring (bicyclic) bond motifs is 2. The maximum absolute atomic E-state index is 12.1. The van der Waals surface area contributed by atoms with E-state index >= 15 is 0 Å². The van der Waals surface area contributed by atoms with Crippen molar-refractivity contribution in [2.45, 2.75) is 50.6 Å². The number of likely N-dealkylation sites (tertiary alicyclic amines) is 1. The number of nitrogens with one attached hydrogen (secondary N) is 2.